The molecule has 0 aliphatic heterocycles. The number of rotatable bonds is 5. The first kappa shape index (κ1) is 15.4. The van der Waals surface area contributed by atoms with Crippen LogP contribution in [0.5, 0.6) is 0 Å². The molecular weight excluding hydrogens is 244 g/mol. The van der Waals surface area contributed by atoms with Crippen LogP contribution in [0, 0.1) is 0 Å². The summed E-state index contributed by atoms with van der Waals surface area (Å²) in [6, 6.07) is 3.36. The number of aromatic nitrogens is 1. The van der Waals surface area contributed by atoms with Crippen molar-refractivity contribution in [2.45, 2.75) is 32.8 Å². The molecule has 1 atom stereocenters. The van der Waals surface area contributed by atoms with Gasteiger partial charge in [-0.2, -0.15) is 0 Å². The van der Waals surface area contributed by atoms with Crippen LogP contribution in [0.4, 0.5) is 5.82 Å². The molecular formula is C13H22N4O2. The molecule has 19 heavy (non-hydrogen) atoms. The molecule has 0 aromatic carbocycles. The third-order valence-electron chi connectivity index (χ3n) is 2.72. The molecule has 0 spiro atoms. The summed E-state index contributed by atoms with van der Waals surface area (Å²) in [6.07, 6.45) is -0.563. The van der Waals surface area contributed by atoms with Crippen LogP contribution in [-0.2, 0) is 0 Å². The topological polar surface area (TPSA) is 91.5 Å². The summed E-state index contributed by atoms with van der Waals surface area (Å²) in [7, 11) is 1.65. The number of anilines is 1. The van der Waals surface area contributed by atoms with Gasteiger partial charge in [0.1, 0.15) is 5.82 Å². The summed E-state index contributed by atoms with van der Waals surface area (Å²) in [6.45, 7) is 5.92. The summed E-state index contributed by atoms with van der Waals surface area (Å²) in [5.41, 5.74) is 3.77. The van der Waals surface area contributed by atoms with Gasteiger partial charge in [0.15, 0.2) is 0 Å². The first-order valence-electron chi connectivity index (χ1n) is 6.27. The van der Waals surface area contributed by atoms with Crippen LogP contribution in [0.25, 0.3) is 0 Å². The average Bonchev–Trinajstić information content (AvgIpc) is 2.36. The van der Waals surface area contributed by atoms with Crippen molar-refractivity contribution < 1.29 is 9.90 Å². The smallest absolute Gasteiger partial charge is 0.253 e. The van der Waals surface area contributed by atoms with Crippen LogP contribution < -0.4 is 11.3 Å². The zero-order chi connectivity index (χ0) is 14.6. The van der Waals surface area contributed by atoms with Crippen LogP contribution in [0.2, 0.25) is 0 Å². The van der Waals surface area contributed by atoms with Crippen molar-refractivity contribution in [2.24, 2.45) is 5.84 Å². The maximum Gasteiger partial charge on any atom is 0.253 e. The monoisotopic (exact) mass is 266 g/mol. The van der Waals surface area contributed by atoms with Crippen LogP contribution >= 0.6 is 0 Å². The number of likely N-dealkylation sites (N-methyl/N-ethyl adjacent to an activating group) is 1. The van der Waals surface area contributed by atoms with E-state index in [9.17, 15) is 9.90 Å². The lowest BCUT2D eigenvalue weighted by atomic mass is 10.1. The van der Waals surface area contributed by atoms with E-state index >= 15 is 0 Å². The Morgan fingerprint density at radius 1 is 1.47 bits per heavy atom. The standard InChI is InChI=1S/C13H22N4O2/c1-8(2)11-5-10(6-12(15-11)16-14)13(19)17(4)7-9(3)18/h5-6,8-9,18H,7,14H2,1-4H3,(H,15,16). The van der Waals surface area contributed by atoms with Gasteiger partial charge in [-0.25, -0.2) is 10.8 Å². The SMILES string of the molecule is CC(O)CN(C)C(=O)c1cc(NN)nc(C(C)C)c1. The van der Waals surface area contributed by atoms with Gasteiger partial charge in [0, 0.05) is 24.8 Å². The molecule has 0 saturated carbocycles. The number of nitrogens with zero attached hydrogens (tertiary/aromatic N) is 2. The van der Waals surface area contributed by atoms with E-state index in [1.54, 1.807) is 26.1 Å². The third-order valence-corrected chi connectivity index (χ3v) is 2.72. The molecule has 1 amide bonds. The number of hydrogen-bond acceptors (Lipinski definition) is 5. The second-order valence-corrected chi connectivity index (χ2v) is 5.00. The number of carbonyl (C=O) groups is 1. The van der Waals surface area contributed by atoms with Gasteiger partial charge in [0.2, 0.25) is 0 Å². The predicted octanol–water partition coefficient (Wildman–Crippen LogP) is 0.943. The molecule has 0 fully saturated rings. The second-order valence-electron chi connectivity index (χ2n) is 5.00. The Kier molecular flexibility index (Phi) is 5.26. The van der Waals surface area contributed by atoms with Crippen molar-refractivity contribution in [3.63, 3.8) is 0 Å². The number of nitrogens with one attached hydrogen (secondary N) is 1. The van der Waals surface area contributed by atoms with Gasteiger partial charge in [-0.15, -0.1) is 0 Å². The second kappa shape index (κ2) is 6.49. The molecule has 6 heteroatoms. The van der Waals surface area contributed by atoms with E-state index in [4.69, 9.17) is 5.84 Å². The highest BCUT2D eigenvalue weighted by atomic mass is 16.3. The van der Waals surface area contributed by atoms with E-state index in [0.29, 0.717) is 11.4 Å². The Labute approximate surface area is 113 Å². The van der Waals surface area contributed by atoms with E-state index in [0.717, 1.165) is 5.69 Å². The average molecular weight is 266 g/mol. The quantitative estimate of drug-likeness (QED) is 0.545. The van der Waals surface area contributed by atoms with Gasteiger partial charge in [0.05, 0.1) is 6.10 Å². The normalized spacial score (nSPS) is 12.4. The van der Waals surface area contributed by atoms with Crippen molar-refractivity contribution in [1.29, 1.82) is 0 Å². The lowest BCUT2D eigenvalue weighted by molar-refractivity contribution is 0.0703. The van der Waals surface area contributed by atoms with Gasteiger partial charge >= 0.3 is 0 Å². The molecule has 0 bridgehead atoms. The summed E-state index contributed by atoms with van der Waals surface area (Å²) in [5.74, 6) is 5.86. The van der Waals surface area contributed by atoms with Crippen LogP contribution in [-0.4, -0.2) is 40.6 Å². The number of pyridine rings is 1. The van der Waals surface area contributed by atoms with Crippen molar-refractivity contribution >= 4 is 11.7 Å². The fourth-order valence-corrected chi connectivity index (χ4v) is 1.74. The van der Waals surface area contributed by atoms with Crippen molar-refractivity contribution in [3.05, 3.63) is 23.4 Å². The number of hydrogen-bond donors (Lipinski definition) is 3. The zero-order valence-electron chi connectivity index (χ0n) is 11.8. The maximum absolute atomic E-state index is 12.2. The number of nitrogens with two attached hydrogens (primary N) is 1. The summed E-state index contributed by atoms with van der Waals surface area (Å²) in [4.78, 5) is 18.0. The Bertz CT molecular complexity index is 446. The van der Waals surface area contributed by atoms with E-state index in [2.05, 4.69) is 10.4 Å². The van der Waals surface area contributed by atoms with Crippen molar-refractivity contribution in [1.82, 2.24) is 9.88 Å². The maximum atomic E-state index is 12.2. The number of amides is 1. The molecule has 1 rings (SSSR count). The highest BCUT2D eigenvalue weighted by Crippen LogP contribution is 2.18. The van der Waals surface area contributed by atoms with Crippen molar-refractivity contribution in [2.75, 3.05) is 19.0 Å². The first-order chi connectivity index (χ1) is 8.85. The Morgan fingerprint density at radius 2 is 2.11 bits per heavy atom. The van der Waals surface area contributed by atoms with Gasteiger partial charge < -0.3 is 15.4 Å². The summed E-state index contributed by atoms with van der Waals surface area (Å²) < 4.78 is 0. The molecule has 4 N–H and O–H groups in total. The molecule has 0 radical (unpaired) electrons. The number of nitrogen functional groups attached to an aromatic ring is 1. The van der Waals surface area contributed by atoms with Crippen LogP contribution in [0.1, 0.15) is 42.7 Å². The lowest BCUT2D eigenvalue weighted by Crippen LogP contribution is -2.33. The minimum absolute atomic E-state index is 0.165. The van der Waals surface area contributed by atoms with Crippen LogP contribution in [0.15, 0.2) is 12.1 Å². The Morgan fingerprint density at radius 3 is 2.58 bits per heavy atom. The molecule has 106 valence electrons. The van der Waals surface area contributed by atoms with E-state index in [-0.39, 0.29) is 18.4 Å². The van der Waals surface area contributed by atoms with Crippen molar-refractivity contribution in [3.8, 4) is 0 Å². The summed E-state index contributed by atoms with van der Waals surface area (Å²) >= 11 is 0. The zero-order valence-corrected chi connectivity index (χ0v) is 11.8. The van der Waals surface area contributed by atoms with E-state index in [1.165, 1.54) is 4.90 Å². The molecule has 0 saturated heterocycles. The van der Waals surface area contributed by atoms with E-state index < -0.39 is 6.10 Å². The fourth-order valence-electron chi connectivity index (χ4n) is 1.74. The van der Waals surface area contributed by atoms with Gasteiger partial charge in [-0.05, 0) is 25.0 Å². The first-order valence-corrected chi connectivity index (χ1v) is 6.27. The van der Waals surface area contributed by atoms with Gasteiger partial charge in [-0.1, -0.05) is 13.8 Å². The summed E-state index contributed by atoms with van der Waals surface area (Å²) in [5, 5.41) is 9.32. The van der Waals surface area contributed by atoms with Gasteiger partial charge in [-0.3, -0.25) is 4.79 Å². The molecule has 1 aromatic heterocycles. The Balaban J connectivity index is 3.05. The number of carbonyl (C=O) groups excluding carboxylic acids is 1. The minimum atomic E-state index is -0.563. The predicted molar refractivity (Wildman–Crippen MR) is 74.8 cm³/mol. The number of aliphatic hydroxyl groups excluding tert-OH is 1. The number of hydrazine groups is 1. The number of aliphatic hydroxyl groups is 1. The lowest BCUT2D eigenvalue weighted by Gasteiger charge is -2.19. The Hall–Kier alpha value is -1.66. The molecule has 0 aliphatic carbocycles. The minimum Gasteiger partial charge on any atom is -0.392 e. The molecule has 0 aliphatic rings. The highest BCUT2D eigenvalue weighted by Gasteiger charge is 2.16. The molecule has 1 heterocycles. The molecule has 1 unspecified atom stereocenters. The fraction of sp³-hybridized carbons (Fsp3) is 0.538. The molecule has 1 aromatic rings. The highest BCUT2D eigenvalue weighted by molar-refractivity contribution is 5.94. The van der Waals surface area contributed by atoms with Crippen LogP contribution in [0.3, 0.4) is 0 Å². The molecule has 6 nitrogen and oxygen atoms in total. The van der Waals surface area contributed by atoms with Gasteiger partial charge in [0.25, 0.3) is 5.91 Å². The third kappa shape index (κ3) is 4.18. The van der Waals surface area contributed by atoms with E-state index in [1.807, 2.05) is 13.8 Å². The largest absolute Gasteiger partial charge is 0.392 e.